The number of aliphatic hydroxyl groups is 8. The zero-order chi connectivity index (χ0) is 75.6. The van der Waals surface area contributed by atoms with Gasteiger partial charge in [-0.2, -0.15) is 0 Å². The van der Waals surface area contributed by atoms with Crippen LogP contribution < -0.4 is 55.0 Å². The molecule has 4 aliphatic rings. The second kappa shape index (κ2) is 35.5. The lowest BCUT2D eigenvalue weighted by molar-refractivity contribution is -0.119. The number of H-pyrrole nitrogens is 4. The first-order valence-corrected chi connectivity index (χ1v) is 44.3. The maximum Gasteiger partial charge on any atom is 0.330 e. The Balaban J connectivity index is 0.000000241. The van der Waals surface area contributed by atoms with Crippen LogP contribution in [0.4, 0.5) is 0 Å². The number of carbonyl (C=O) groups excluding carboxylic acids is 3. The molecule has 4 aromatic rings. The molecule has 0 bridgehead atoms. The van der Waals surface area contributed by atoms with Gasteiger partial charge in [-0.05, 0) is 124 Å². The Labute approximate surface area is 576 Å². The number of aromatic nitrogens is 8. The largest absolute Gasteiger partial charge is 0.479 e. The van der Waals surface area contributed by atoms with Gasteiger partial charge in [0, 0.05) is 49.6 Å². The minimum atomic E-state index is -1.35. The lowest BCUT2D eigenvalue weighted by Crippen LogP contribution is -2.39. The Kier molecular flexibility index (Phi) is 30.1. The van der Waals surface area contributed by atoms with Crippen molar-refractivity contribution in [3.05, 3.63) is 125 Å². The van der Waals surface area contributed by atoms with Crippen LogP contribution in [0.2, 0.25) is 0 Å². The van der Waals surface area contributed by atoms with E-state index in [1.165, 1.54) is 39.4 Å². The molecule has 33 nitrogen and oxygen atoms in total. The molecular formula is C63H101N9O24P4. The van der Waals surface area contributed by atoms with E-state index in [1.54, 1.807) is 6.92 Å². The highest BCUT2D eigenvalue weighted by Gasteiger charge is 2.48. The molecule has 4 saturated heterocycles. The normalized spacial score (nSPS) is 26.7. The molecule has 0 saturated carbocycles. The van der Waals surface area contributed by atoms with Gasteiger partial charge in [-0.25, -0.2) is 19.2 Å². The molecule has 1 amide bonds. The maximum absolute atomic E-state index is 12.1. The predicted molar refractivity (Wildman–Crippen MR) is 388 cm³/mol. The molecule has 4 aromatic heterocycles. The molecule has 0 radical (unpaired) electrons. The summed E-state index contributed by atoms with van der Waals surface area (Å²) >= 11 is 0. The van der Waals surface area contributed by atoms with E-state index in [1.807, 2.05) is 13.3 Å². The van der Waals surface area contributed by atoms with Gasteiger partial charge in [0.1, 0.15) is 61.2 Å². The number of carbonyl (C=O) groups is 3. The summed E-state index contributed by atoms with van der Waals surface area (Å²) in [5, 5.41) is 84.5. The van der Waals surface area contributed by atoms with E-state index < -0.39 is 171 Å². The molecule has 8 rings (SSSR count). The first-order chi connectivity index (χ1) is 46.1. The van der Waals surface area contributed by atoms with Crippen molar-refractivity contribution in [2.75, 3.05) is 84.6 Å². The van der Waals surface area contributed by atoms with Gasteiger partial charge in [0.05, 0.1) is 36.2 Å². The zero-order valence-electron chi connectivity index (χ0n) is 58.5. The number of nitrogens with one attached hydrogen (secondary N) is 5. The molecule has 16 atom stereocenters. The summed E-state index contributed by atoms with van der Waals surface area (Å²) in [6, 6.07) is 0. The number of nitrogens with zero attached hydrogens (tertiary/aromatic N) is 4. The van der Waals surface area contributed by atoms with Crippen LogP contribution in [0.25, 0.3) is 0 Å². The molecule has 4 fully saturated rings. The molecule has 0 unspecified atom stereocenters. The van der Waals surface area contributed by atoms with Crippen molar-refractivity contribution in [1.29, 1.82) is 0 Å². The van der Waals surface area contributed by atoms with Crippen LogP contribution in [0.15, 0.2) is 63.1 Å². The molecular weight excluding hydrogens is 1390 g/mol. The Morgan fingerprint density at radius 3 is 1.01 bits per heavy atom. The smallest absolute Gasteiger partial charge is 0.330 e. The fraction of sp³-hybridized carbons (Fsp3) is 0.635. The topological polar surface area (TPSA) is 491 Å². The highest BCUT2D eigenvalue weighted by atomic mass is 31.2. The SMILES string of the molecule is C=P(C)(C)CC[C@H]1O[C@@H](n2cc(CC(C)=O)c(=O)[nH]c2=O)[C@H](O)[C@@H]1O.C=P(C)(C)CC[C@H]1O[C@@H](n2cc(CC)c(=O)[nH]c2=O)[C@H](O)[C@@H]1O.C=P(C)(C)CC[C@H]1O[C@@H](n2cc(CNC(C)=O)c(=O)[nH]c2=O)[C@H](O)[C@@H]1O.C=P(C)(C)CC[C@H]1O[C@@H](n2cc(OCC(C)=O)c(=O)[nH]c2=O)[C@H](O)[C@@H]1O. The van der Waals surface area contributed by atoms with Gasteiger partial charge in [-0.15, -0.1) is 52.7 Å². The van der Waals surface area contributed by atoms with E-state index in [0.717, 1.165) is 49.1 Å². The van der Waals surface area contributed by atoms with Gasteiger partial charge in [-0.3, -0.25) is 71.8 Å². The number of hydrogen-bond donors (Lipinski definition) is 13. The highest BCUT2D eigenvalue weighted by Crippen LogP contribution is 2.43. The summed E-state index contributed by atoms with van der Waals surface area (Å²) in [7, 11) is 0. The van der Waals surface area contributed by atoms with Crippen molar-refractivity contribution >= 4 is 70.2 Å². The molecule has 13 N–H and O–H groups in total. The minimum absolute atomic E-state index is 0.0695. The molecule has 0 aromatic carbocycles. The summed E-state index contributed by atoms with van der Waals surface area (Å²) in [6.07, 6.45) is 10.2. The third-order valence-electron chi connectivity index (χ3n) is 16.4. The van der Waals surface area contributed by atoms with Gasteiger partial charge in [0.15, 0.2) is 30.7 Å². The maximum atomic E-state index is 12.1. The third kappa shape index (κ3) is 24.1. The third-order valence-corrected chi connectivity index (χ3v) is 22.2. The van der Waals surface area contributed by atoms with Crippen LogP contribution in [0.5, 0.6) is 5.75 Å². The average Bonchev–Trinajstić information content (AvgIpc) is 1.85. The molecule has 562 valence electrons. The van der Waals surface area contributed by atoms with Gasteiger partial charge < -0.3 is 69.9 Å². The zero-order valence-corrected chi connectivity index (χ0v) is 62.1. The summed E-state index contributed by atoms with van der Waals surface area (Å²) in [5.41, 5.74) is -4.85. The van der Waals surface area contributed by atoms with Crippen molar-refractivity contribution in [2.24, 2.45) is 0 Å². The minimum Gasteiger partial charge on any atom is -0.479 e. The van der Waals surface area contributed by atoms with E-state index in [9.17, 15) is 93.6 Å². The highest BCUT2D eigenvalue weighted by molar-refractivity contribution is 7.73. The van der Waals surface area contributed by atoms with Gasteiger partial charge >= 0.3 is 22.8 Å². The monoisotopic (exact) mass is 1490 g/mol. The first kappa shape index (κ1) is 84.7. The van der Waals surface area contributed by atoms with Crippen molar-refractivity contribution in [3.63, 3.8) is 0 Å². The van der Waals surface area contributed by atoms with Crippen molar-refractivity contribution < 1.29 is 78.9 Å². The fourth-order valence-corrected chi connectivity index (χ4v) is 14.6. The van der Waals surface area contributed by atoms with E-state index >= 15 is 0 Å². The Bertz CT molecular complexity index is 4110. The number of rotatable bonds is 24. The Hall–Kier alpha value is -5.95. The Morgan fingerprint density at radius 1 is 0.440 bits per heavy atom. The molecule has 0 aliphatic carbocycles. The first-order valence-electron chi connectivity index (χ1n) is 32.1. The van der Waals surface area contributed by atoms with Gasteiger partial charge in [0.2, 0.25) is 11.7 Å². The standard InChI is InChI=1S/C16H26N3O6P.C16H25N2O7P.C16H25N2O6P.C15H25N2O5P/c1-9(20)17-7-10-8-19(16(24)18-14(10)23)15-13(22)12(21)11(25-15)5-6-26(2,3)4;1-9(19)8-24-11-7-18(16(23)17-14(11)22)15-13(21)12(20)10(25-15)5-6-26(2,3)4;1-9(19)7-10-8-18(16(23)17-14(10)22)15-13(21)12(20)11(24-15)5-6-25(2,3)4;1-5-9-8-17(15(21)16-13(9)20)14-12(19)11(18)10(22-14)6-7-23(2,3)4/h8,11-13,15,21-22H,2,5-7H2,1,3-4H3,(H,17,20)(H,18,23,24);7,10,12-13,15,20-21H,2,5-6,8H2,1,3-4H3,(H,17,22,23);8,11-13,15,20-21H,2,5-7H2,1,3-4H3,(H,17,22,23);8,10-12,14,18-19H,2,5-7H2,1,3-4H3,(H,16,20,21)/t11-,12-,13-,15-;10-,12-,13-,15-;11-,12-,13-,15-;10-,11-,12-,14-/m1111/s1. The summed E-state index contributed by atoms with van der Waals surface area (Å²) < 4.78 is 32.0. The summed E-state index contributed by atoms with van der Waals surface area (Å²) in [4.78, 5) is 137. The van der Waals surface area contributed by atoms with Crippen LogP contribution in [0, 0.1) is 0 Å². The molecule has 4 aliphatic heterocycles. The van der Waals surface area contributed by atoms with Gasteiger partial charge in [0.25, 0.3) is 22.2 Å². The lowest BCUT2D eigenvalue weighted by Gasteiger charge is -2.19. The quantitative estimate of drug-likeness (QED) is 0.0318. The summed E-state index contributed by atoms with van der Waals surface area (Å²) in [6.45, 7) is 16.6. The molecule has 8 heterocycles. The van der Waals surface area contributed by atoms with Crippen molar-refractivity contribution in [1.82, 2.24) is 43.5 Å². The number of Topliss-reactive ketones (excluding diaryl/α,β-unsaturated/α-hetero) is 2. The number of hydrogen-bond acceptors (Lipinski definition) is 24. The number of amides is 1. The second-order valence-electron chi connectivity index (χ2n) is 28.2. The van der Waals surface area contributed by atoms with E-state index in [0.29, 0.717) is 37.7 Å². The predicted octanol–water partition coefficient (Wildman–Crippen LogP) is -2.68. The molecule has 0 spiro atoms. The van der Waals surface area contributed by atoms with Crippen LogP contribution in [-0.2, 0) is 52.7 Å². The Morgan fingerprint density at radius 2 is 0.720 bits per heavy atom. The lowest BCUT2D eigenvalue weighted by atomic mass is 10.1. The second-order valence-corrected chi connectivity index (χ2v) is 45.5. The average molecular weight is 1490 g/mol. The number of aryl methyl sites for hydroxylation is 1. The summed E-state index contributed by atoms with van der Waals surface area (Å²) in [5.74, 6) is -1.11. The number of aromatic amines is 4. The van der Waals surface area contributed by atoms with Crippen LogP contribution >= 0.6 is 27.5 Å². The van der Waals surface area contributed by atoms with Crippen LogP contribution in [0.3, 0.4) is 0 Å². The number of aliphatic hydroxyl groups excluding tert-OH is 8. The van der Waals surface area contributed by atoms with E-state index in [2.05, 4.69) is 90.4 Å². The number of ketones is 2. The van der Waals surface area contributed by atoms with E-state index in [-0.39, 0.29) is 53.9 Å². The van der Waals surface area contributed by atoms with E-state index in [4.69, 9.17) is 23.7 Å². The van der Waals surface area contributed by atoms with Crippen molar-refractivity contribution in [3.8, 4) is 5.75 Å². The van der Waals surface area contributed by atoms with Crippen molar-refractivity contribution in [2.45, 2.75) is 171 Å². The van der Waals surface area contributed by atoms with Crippen LogP contribution in [-0.4, -0.2) is 280 Å². The van der Waals surface area contributed by atoms with Gasteiger partial charge in [-0.1, -0.05) is 6.92 Å². The molecule has 100 heavy (non-hydrogen) atoms. The molecule has 37 heteroatoms. The fourth-order valence-electron chi connectivity index (χ4n) is 10.8. The number of ether oxygens (including phenoxy) is 5. The van der Waals surface area contributed by atoms with Crippen LogP contribution in [0.1, 0.15) is 95.0 Å².